The summed E-state index contributed by atoms with van der Waals surface area (Å²) in [4.78, 5) is 25.5. The van der Waals surface area contributed by atoms with Crippen LogP contribution < -0.4 is 25.6 Å². The molecule has 1 aliphatic rings. The van der Waals surface area contributed by atoms with Gasteiger partial charge in [0.25, 0.3) is 11.8 Å². The van der Waals surface area contributed by atoms with Crippen molar-refractivity contribution in [3.05, 3.63) is 82.8 Å². The fraction of sp³-hybridized carbons (Fsp3) is 0.0476. The van der Waals surface area contributed by atoms with E-state index in [0.29, 0.717) is 28.3 Å². The average molecular weight is 438 g/mol. The van der Waals surface area contributed by atoms with E-state index in [-0.39, 0.29) is 17.5 Å². The Labute approximate surface area is 182 Å². The second-order valence-electron chi connectivity index (χ2n) is 6.32. The van der Waals surface area contributed by atoms with Crippen LogP contribution in [0.15, 0.2) is 66.6 Å². The Balaban J connectivity index is 1.57. The molecular weight excluding hydrogens is 422 g/mol. The topological polar surface area (TPSA) is 114 Å². The van der Waals surface area contributed by atoms with Gasteiger partial charge in [-0.2, -0.15) is 10.2 Å². The number of hydrogen-bond acceptors (Lipinski definition) is 7. The van der Waals surface area contributed by atoms with E-state index in [1.54, 1.807) is 48.5 Å². The quantitative estimate of drug-likeness (QED) is 0.401. The second-order valence-corrected chi connectivity index (χ2v) is 6.73. The van der Waals surface area contributed by atoms with Crippen molar-refractivity contribution in [2.45, 2.75) is 0 Å². The van der Waals surface area contributed by atoms with Crippen LogP contribution in [0.25, 0.3) is 6.08 Å². The number of ether oxygens (including phenoxy) is 2. The van der Waals surface area contributed by atoms with Crippen LogP contribution in [-0.2, 0) is 4.79 Å². The summed E-state index contributed by atoms with van der Waals surface area (Å²) in [5.74, 6) is 0.120. The summed E-state index contributed by atoms with van der Waals surface area (Å²) in [6.07, 6.45) is 4.20. The number of hydrogen-bond donors (Lipinski definition) is 3. The molecule has 1 aromatic heterocycles. The first-order chi connectivity index (χ1) is 15.1. The van der Waals surface area contributed by atoms with Crippen molar-refractivity contribution >= 4 is 35.2 Å². The molecule has 156 valence electrons. The van der Waals surface area contributed by atoms with Crippen LogP contribution in [0.1, 0.15) is 15.9 Å². The number of nitrogens with one attached hydrogen (secondary N) is 3. The van der Waals surface area contributed by atoms with E-state index in [2.05, 4.69) is 26.4 Å². The third-order valence-corrected chi connectivity index (χ3v) is 4.53. The minimum atomic E-state index is -0.602. The molecule has 4 rings (SSSR count). The van der Waals surface area contributed by atoms with E-state index < -0.39 is 11.8 Å². The van der Waals surface area contributed by atoms with Crippen molar-refractivity contribution in [1.29, 1.82) is 0 Å². The number of carbonyl (C=O) groups is 2. The summed E-state index contributed by atoms with van der Waals surface area (Å²) in [6.45, 7) is 0.130. The van der Waals surface area contributed by atoms with Crippen LogP contribution in [0.2, 0.25) is 5.02 Å². The third-order valence-electron chi connectivity index (χ3n) is 4.23. The van der Waals surface area contributed by atoms with Gasteiger partial charge in [0, 0.05) is 5.56 Å². The first kappa shape index (κ1) is 20.2. The van der Waals surface area contributed by atoms with Gasteiger partial charge in [-0.3, -0.25) is 20.4 Å². The first-order valence-corrected chi connectivity index (χ1v) is 9.48. The molecule has 0 spiro atoms. The molecule has 1 aliphatic heterocycles. The molecule has 31 heavy (non-hydrogen) atoms. The molecule has 3 N–H and O–H groups in total. The van der Waals surface area contributed by atoms with E-state index >= 15 is 0 Å². The Kier molecular flexibility index (Phi) is 5.95. The molecule has 0 saturated carbocycles. The van der Waals surface area contributed by atoms with E-state index in [9.17, 15) is 9.59 Å². The van der Waals surface area contributed by atoms with Gasteiger partial charge in [0.1, 0.15) is 5.70 Å². The molecule has 0 radical (unpaired) electrons. The number of carbonyl (C=O) groups excluding carboxylic acids is 2. The van der Waals surface area contributed by atoms with Crippen LogP contribution in [0.5, 0.6) is 11.5 Å². The summed E-state index contributed by atoms with van der Waals surface area (Å²) < 4.78 is 10.7. The van der Waals surface area contributed by atoms with Gasteiger partial charge in [0.2, 0.25) is 6.79 Å². The molecule has 2 aromatic carbocycles. The van der Waals surface area contributed by atoms with Gasteiger partial charge >= 0.3 is 0 Å². The summed E-state index contributed by atoms with van der Waals surface area (Å²) in [5, 5.41) is 10.2. The minimum Gasteiger partial charge on any atom is -0.454 e. The molecule has 0 atom stereocenters. The third kappa shape index (κ3) is 4.90. The zero-order chi connectivity index (χ0) is 21.6. The van der Waals surface area contributed by atoms with Gasteiger partial charge < -0.3 is 14.8 Å². The first-order valence-electron chi connectivity index (χ1n) is 9.10. The Morgan fingerprint density at radius 3 is 2.58 bits per heavy atom. The Hall–Kier alpha value is -4.11. The van der Waals surface area contributed by atoms with Crippen LogP contribution in [0.3, 0.4) is 0 Å². The predicted molar refractivity (Wildman–Crippen MR) is 113 cm³/mol. The fourth-order valence-corrected chi connectivity index (χ4v) is 2.84. The summed E-state index contributed by atoms with van der Waals surface area (Å²) in [7, 11) is 0. The zero-order valence-corrected chi connectivity index (χ0v) is 16.7. The second kappa shape index (κ2) is 9.14. The van der Waals surface area contributed by atoms with Crippen molar-refractivity contribution < 1.29 is 19.1 Å². The van der Waals surface area contributed by atoms with Gasteiger partial charge in [-0.05, 0) is 35.9 Å². The number of amides is 2. The highest BCUT2D eigenvalue weighted by Crippen LogP contribution is 2.33. The largest absolute Gasteiger partial charge is 0.454 e. The average Bonchev–Trinajstić information content (AvgIpc) is 3.26. The standard InChI is InChI=1S/C21H16ClN5O4/c22-15-10-23-24-11-17(15)26-27-21(29)16(25-20(28)14-4-2-1-3-5-14)8-13-6-7-18-19(9-13)31-12-30-18/h1-11H,12H2,(H,23,26)(H,25,28)(H,27,29)/b16-8-. The van der Waals surface area contributed by atoms with Gasteiger partial charge in [0.15, 0.2) is 11.5 Å². The molecule has 0 saturated heterocycles. The smallest absolute Gasteiger partial charge is 0.286 e. The van der Waals surface area contributed by atoms with Gasteiger partial charge in [0.05, 0.1) is 23.1 Å². The molecule has 0 unspecified atom stereocenters. The Morgan fingerprint density at radius 1 is 1.00 bits per heavy atom. The predicted octanol–water partition coefficient (Wildman–Crippen LogP) is 2.77. The molecular formula is C21H16ClN5O4. The van der Waals surface area contributed by atoms with Crippen molar-refractivity contribution in [2.75, 3.05) is 12.2 Å². The maximum atomic E-state index is 12.8. The van der Waals surface area contributed by atoms with Crippen molar-refractivity contribution in [2.24, 2.45) is 0 Å². The molecule has 0 aliphatic carbocycles. The highest BCUT2D eigenvalue weighted by atomic mass is 35.5. The highest BCUT2D eigenvalue weighted by molar-refractivity contribution is 6.33. The normalized spacial score (nSPS) is 12.2. The lowest BCUT2D eigenvalue weighted by atomic mass is 10.1. The van der Waals surface area contributed by atoms with Crippen LogP contribution in [0, 0.1) is 0 Å². The van der Waals surface area contributed by atoms with E-state index in [0.717, 1.165) is 0 Å². The van der Waals surface area contributed by atoms with Crippen molar-refractivity contribution in [3.8, 4) is 11.5 Å². The maximum absolute atomic E-state index is 12.8. The van der Waals surface area contributed by atoms with Crippen molar-refractivity contribution in [1.82, 2.24) is 20.9 Å². The lowest BCUT2D eigenvalue weighted by Gasteiger charge is -2.13. The molecule has 2 heterocycles. The van der Waals surface area contributed by atoms with Crippen molar-refractivity contribution in [3.63, 3.8) is 0 Å². The van der Waals surface area contributed by atoms with E-state index in [4.69, 9.17) is 21.1 Å². The molecule has 3 aromatic rings. The fourth-order valence-electron chi connectivity index (χ4n) is 2.70. The number of nitrogens with zero attached hydrogens (tertiary/aromatic N) is 2. The Morgan fingerprint density at radius 2 is 1.77 bits per heavy atom. The summed E-state index contributed by atoms with van der Waals surface area (Å²) >= 11 is 6.01. The van der Waals surface area contributed by atoms with Crippen LogP contribution in [-0.4, -0.2) is 28.8 Å². The lowest BCUT2D eigenvalue weighted by Crippen LogP contribution is -2.37. The lowest BCUT2D eigenvalue weighted by molar-refractivity contribution is -0.117. The Bertz CT molecular complexity index is 1150. The number of benzene rings is 2. The molecule has 0 bridgehead atoms. The molecule has 10 heteroatoms. The number of aromatic nitrogens is 2. The SMILES string of the molecule is O=C(NNc1cnncc1Cl)/C(=C/c1ccc2c(c1)OCO2)NC(=O)c1ccccc1. The monoisotopic (exact) mass is 437 g/mol. The highest BCUT2D eigenvalue weighted by Gasteiger charge is 2.17. The maximum Gasteiger partial charge on any atom is 0.286 e. The minimum absolute atomic E-state index is 0.00152. The van der Waals surface area contributed by atoms with E-state index in [1.165, 1.54) is 18.5 Å². The van der Waals surface area contributed by atoms with Gasteiger partial charge in [-0.1, -0.05) is 35.9 Å². The molecule has 0 fully saturated rings. The number of rotatable bonds is 6. The molecule has 2 amide bonds. The number of fused-ring (bicyclic) bond motifs is 1. The summed E-state index contributed by atoms with van der Waals surface area (Å²) in [6, 6.07) is 13.7. The number of hydrazine groups is 1. The van der Waals surface area contributed by atoms with Crippen LogP contribution >= 0.6 is 11.6 Å². The van der Waals surface area contributed by atoms with Gasteiger partial charge in [-0.15, -0.1) is 0 Å². The van der Waals surface area contributed by atoms with Gasteiger partial charge in [-0.25, -0.2) is 0 Å². The summed E-state index contributed by atoms with van der Waals surface area (Å²) in [5.41, 5.74) is 6.53. The van der Waals surface area contributed by atoms with E-state index in [1.807, 2.05) is 0 Å². The van der Waals surface area contributed by atoms with Crippen LogP contribution in [0.4, 0.5) is 5.69 Å². The zero-order valence-electron chi connectivity index (χ0n) is 16.0. The number of halogens is 1. The number of anilines is 1. The molecule has 9 nitrogen and oxygen atoms in total.